The predicted molar refractivity (Wildman–Crippen MR) is 98.1 cm³/mol. The van der Waals surface area contributed by atoms with Gasteiger partial charge in [-0.25, -0.2) is 4.39 Å². The van der Waals surface area contributed by atoms with Gasteiger partial charge in [0.2, 0.25) is 5.91 Å². The molecule has 1 amide bonds. The van der Waals surface area contributed by atoms with Crippen LogP contribution in [0.5, 0.6) is 0 Å². The minimum Gasteiger partial charge on any atom is -0.340 e. The molecule has 0 N–H and O–H groups in total. The number of amides is 1. The van der Waals surface area contributed by atoms with Gasteiger partial charge in [0, 0.05) is 36.8 Å². The number of hydrogen-bond donors (Lipinski definition) is 0. The van der Waals surface area contributed by atoms with E-state index in [1.165, 1.54) is 6.07 Å². The summed E-state index contributed by atoms with van der Waals surface area (Å²) < 4.78 is 14.0. The van der Waals surface area contributed by atoms with Crippen molar-refractivity contribution in [2.24, 2.45) is 0 Å². The quantitative estimate of drug-likeness (QED) is 0.827. The van der Waals surface area contributed by atoms with Gasteiger partial charge in [-0.05, 0) is 23.8 Å². The van der Waals surface area contributed by atoms with Gasteiger partial charge in [-0.3, -0.25) is 9.69 Å². The largest absolute Gasteiger partial charge is 0.340 e. The smallest absolute Gasteiger partial charge is 0.227 e. The highest BCUT2D eigenvalue weighted by Gasteiger charge is 2.28. The van der Waals surface area contributed by atoms with E-state index < -0.39 is 6.04 Å². The van der Waals surface area contributed by atoms with Crippen molar-refractivity contribution in [3.8, 4) is 6.07 Å². The molecule has 6 heteroatoms. The molecule has 0 aliphatic carbocycles. The molecule has 1 unspecified atom stereocenters. The van der Waals surface area contributed by atoms with Crippen LogP contribution >= 0.6 is 11.6 Å². The van der Waals surface area contributed by atoms with Crippen LogP contribution in [0, 0.1) is 17.1 Å². The van der Waals surface area contributed by atoms with E-state index in [9.17, 15) is 14.4 Å². The van der Waals surface area contributed by atoms with Gasteiger partial charge in [-0.2, -0.15) is 5.26 Å². The summed E-state index contributed by atoms with van der Waals surface area (Å²) in [6, 6.07) is 15.1. The Labute approximate surface area is 157 Å². The fourth-order valence-corrected chi connectivity index (χ4v) is 3.29. The fourth-order valence-electron chi connectivity index (χ4n) is 3.16. The normalized spacial score (nSPS) is 16.1. The van der Waals surface area contributed by atoms with Crippen molar-refractivity contribution in [1.82, 2.24) is 9.80 Å². The monoisotopic (exact) mass is 371 g/mol. The number of hydrogen-bond acceptors (Lipinski definition) is 3. The topological polar surface area (TPSA) is 47.3 Å². The van der Waals surface area contributed by atoms with Gasteiger partial charge in [-0.1, -0.05) is 41.9 Å². The SMILES string of the molecule is N#CC(c1ccccc1F)N1CCN(C(=O)Cc2ccc(Cl)cc2)CC1. The van der Waals surface area contributed by atoms with E-state index >= 15 is 0 Å². The van der Waals surface area contributed by atoms with E-state index in [4.69, 9.17) is 11.6 Å². The first-order valence-corrected chi connectivity index (χ1v) is 8.86. The van der Waals surface area contributed by atoms with Crippen LogP contribution in [-0.2, 0) is 11.2 Å². The Morgan fingerprint density at radius 2 is 1.77 bits per heavy atom. The van der Waals surface area contributed by atoms with E-state index in [-0.39, 0.29) is 11.7 Å². The maximum Gasteiger partial charge on any atom is 0.227 e. The minimum absolute atomic E-state index is 0.0476. The van der Waals surface area contributed by atoms with E-state index in [1.807, 2.05) is 17.0 Å². The molecule has 1 aliphatic heterocycles. The van der Waals surface area contributed by atoms with Crippen molar-refractivity contribution in [2.45, 2.75) is 12.5 Å². The highest BCUT2D eigenvalue weighted by molar-refractivity contribution is 6.30. The molecule has 134 valence electrons. The first kappa shape index (κ1) is 18.4. The van der Waals surface area contributed by atoms with Crippen LogP contribution in [0.3, 0.4) is 0 Å². The Morgan fingerprint density at radius 1 is 1.12 bits per heavy atom. The third-order valence-corrected chi connectivity index (χ3v) is 4.87. The molecular weight excluding hydrogens is 353 g/mol. The average molecular weight is 372 g/mol. The van der Waals surface area contributed by atoms with Crippen molar-refractivity contribution >= 4 is 17.5 Å². The zero-order chi connectivity index (χ0) is 18.5. The zero-order valence-corrected chi connectivity index (χ0v) is 15.0. The summed E-state index contributed by atoms with van der Waals surface area (Å²) in [5.41, 5.74) is 1.30. The molecule has 1 saturated heterocycles. The standard InChI is InChI=1S/C20H19ClFN3O/c21-16-7-5-15(6-8-16)13-20(26)25-11-9-24(10-12-25)19(14-23)17-3-1-2-4-18(17)22/h1-8,19H,9-13H2. The Balaban J connectivity index is 1.59. The molecule has 2 aromatic rings. The van der Waals surface area contributed by atoms with Crippen molar-refractivity contribution < 1.29 is 9.18 Å². The maximum atomic E-state index is 14.0. The van der Waals surface area contributed by atoms with Gasteiger partial charge >= 0.3 is 0 Å². The number of nitriles is 1. The predicted octanol–water partition coefficient (Wildman–Crippen LogP) is 3.43. The summed E-state index contributed by atoms with van der Waals surface area (Å²) in [6.07, 6.45) is 0.326. The van der Waals surface area contributed by atoms with Gasteiger partial charge in [0.1, 0.15) is 11.9 Å². The lowest BCUT2D eigenvalue weighted by Crippen LogP contribution is -2.50. The number of benzene rings is 2. The fraction of sp³-hybridized carbons (Fsp3) is 0.300. The number of halogens is 2. The Hall–Kier alpha value is -2.42. The first-order valence-electron chi connectivity index (χ1n) is 8.49. The first-order chi connectivity index (χ1) is 12.6. The maximum absolute atomic E-state index is 14.0. The Bertz CT molecular complexity index is 811. The van der Waals surface area contributed by atoms with Crippen molar-refractivity contribution in [3.63, 3.8) is 0 Å². The lowest BCUT2D eigenvalue weighted by molar-refractivity contribution is -0.132. The van der Waals surface area contributed by atoms with E-state index in [0.29, 0.717) is 43.2 Å². The van der Waals surface area contributed by atoms with Crippen molar-refractivity contribution in [3.05, 3.63) is 70.5 Å². The highest BCUT2D eigenvalue weighted by Crippen LogP contribution is 2.24. The summed E-state index contributed by atoms with van der Waals surface area (Å²) in [7, 11) is 0. The van der Waals surface area contributed by atoms with E-state index in [0.717, 1.165) is 5.56 Å². The summed E-state index contributed by atoms with van der Waals surface area (Å²) in [4.78, 5) is 16.2. The lowest BCUT2D eigenvalue weighted by atomic mass is 10.0. The average Bonchev–Trinajstić information content (AvgIpc) is 2.66. The molecule has 0 radical (unpaired) electrons. The molecule has 0 bridgehead atoms. The van der Waals surface area contributed by atoms with Crippen LogP contribution in [0.25, 0.3) is 0 Å². The number of piperazine rings is 1. The van der Waals surface area contributed by atoms with Crippen LogP contribution in [0.15, 0.2) is 48.5 Å². The van der Waals surface area contributed by atoms with Gasteiger partial charge < -0.3 is 4.90 Å². The molecular formula is C20H19ClFN3O. The number of nitrogens with zero attached hydrogens (tertiary/aromatic N) is 3. The molecule has 1 aliphatic rings. The Kier molecular flexibility index (Phi) is 5.87. The van der Waals surface area contributed by atoms with Crippen molar-refractivity contribution in [1.29, 1.82) is 5.26 Å². The van der Waals surface area contributed by atoms with Crippen LogP contribution in [0.4, 0.5) is 4.39 Å². The number of carbonyl (C=O) groups is 1. The van der Waals surface area contributed by atoms with E-state index in [1.54, 1.807) is 35.2 Å². The summed E-state index contributed by atoms with van der Waals surface area (Å²) in [6.45, 7) is 2.13. The van der Waals surface area contributed by atoms with Gasteiger partial charge in [0.15, 0.2) is 0 Å². The molecule has 0 saturated carbocycles. The molecule has 1 fully saturated rings. The molecule has 26 heavy (non-hydrogen) atoms. The third kappa shape index (κ3) is 4.21. The second-order valence-electron chi connectivity index (χ2n) is 6.27. The third-order valence-electron chi connectivity index (χ3n) is 4.62. The molecule has 2 aromatic carbocycles. The summed E-state index contributed by atoms with van der Waals surface area (Å²) in [5.74, 6) is -0.327. The summed E-state index contributed by atoms with van der Waals surface area (Å²) >= 11 is 5.86. The van der Waals surface area contributed by atoms with Crippen LogP contribution in [0.1, 0.15) is 17.2 Å². The number of carbonyl (C=O) groups excluding carboxylic acids is 1. The second kappa shape index (κ2) is 8.31. The molecule has 1 heterocycles. The molecule has 3 rings (SSSR count). The lowest BCUT2D eigenvalue weighted by Gasteiger charge is -2.37. The number of rotatable bonds is 4. The van der Waals surface area contributed by atoms with Gasteiger partial charge in [-0.15, -0.1) is 0 Å². The molecule has 0 aromatic heterocycles. The molecule has 4 nitrogen and oxygen atoms in total. The zero-order valence-electron chi connectivity index (χ0n) is 14.2. The van der Waals surface area contributed by atoms with Gasteiger partial charge in [0.25, 0.3) is 0 Å². The second-order valence-corrected chi connectivity index (χ2v) is 6.71. The van der Waals surface area contributed by atoms with Crippen LogP contribution < -0.4 is 0 Å². The minimum atomic E-state index is -0.635. The van der Waals surface area contributed by atoms with Crippen LogP contribution in [-0.4, -0.2) is 41.9 Å². The van der Waals surface area contributed by atoms with E-state index in [2.05, 4.69) is 6.07 Å². The van der Waals surface area contributed by atoms with Crippen LogP contribution in [0.2, 0.25) is 5.02 Å². The van der Waals surface area contributed by atoms with Gasteiger partial charge in [0.05, 0.1) is 12.5 Å². The summed E-state index contributed by atoms with van der Waals surface area (Å²) in [5, 5.41) is 10.1. The molecule has 0 spiro atoms. The highest BCUT2D eigenvalue weighted by atomic mass is 35.5. The van der Waals surface area contributed by atoms with Crippen molar-refractivity contribution in [2.75, 3.05) is 26.2 Å². The Morgan fingerprint density at radius 3 is 2.38 bits per heavy atom. The molecule has 1 atom stereocenters.